The number of para-hydroxylation sites is 1. The van der Waals surface area contributed by atoms with Crippen LogP contribution in [0.1, 0.15) is 25.3 Å². The molecule has 1 aliphatic rings. The first-order valence-electron chi connectivity index (χ1n) is 7.99. The van der Waals surface area contributed by atoms with Gasteiger partial charge in [0.2, 0.25) is 11.8 Å². The number of anilines is 1. The van der Waals surface area contributed by atoms with Crippen molar-refractivity contribution >= 4 is 27.3 Å². The molecule has 1 fully saturated rings. The van der Waals surface area contributed by atoms with Crippen LogP contribution in [-0.4, -0.2) is 49.2 Å². The van der Waals surface area contributed by atoms with Crippen molar-refractivity contribution in [3.63, 3.8) is 0 Å². The lowest BCUT2D eigenvalue weighted by Gasteiger charge is -2.26. The molecule has 6 nitrogen and oxygen atoms in total. The maximum absolute atomic E-state index is 12.9. The van der Waals surface area contributed by atoms with Crippen LogP contribution in [0.15, 0.2) is 24.3 Å². The van der Waals surface area contributed by atoms with E-state index in [0.717, 1.165) is 12.1 Å². The van der Waals surface area contributed by atoms with Gasteiger partial charge in [-0.2, -0.15) is 13.2 Å². The summed E-state index contributed by atoms with van der Waals surface area (Å²) in [6.07, 6.45) is -5.00. The smallest absolute Gasteiger partial charge is 0.338 e. The molecule has 0 saturated carbocycles. The van der Waals surface area contributed by atoms with Crippen LogP contribution >= 0.6 is 0 Å². The average Bonchev–Trinajstić information content (AvgIpc) is 2.87. The van der Waals surface area contributed by atoms with Gasteiger partial charge in [-0.1, -0.05) is 12.1 Å². The summed E-state index contributed by atoms with van der Waals surface area (Å²) in [6, 6.07) is 3.97. The largest absolute Gasteiger partial charge is 0.418 e. The Labute approximate surface area is 149 Å². The maximum atomic E-state index is 12.9. The first-order valence-corrected chi connectivity index (χ1v) is 9.81. The van der Waals surface area contributed by atoms with E-state index in [-0.39, 0.29) is 18.1 Å². The zero-order valence-electron chi connectivity index (χ0n) is 14.0. The van der Waals surface area contributed by atoms with Crippen molar-refractivity contribution < 1.29 is 31.2 Å². The number of rotatable bonds is 5. The van der Waals surface area contributed by atoms with Crippen LogP contribution in [0.2, 0.25) is 0 Å². The molecule has 1 unspecified atom stereocenters. The molecule has 2 rings (SSSR count). The molecule has 1 aromatic rings. The highest BCUT2D eigenvalue weighted by molar-refractivity contribution is 7.91. The van der Waals surface area contributed by atoms with Crippen LogP contribution in [-0.2, 0) is 25.6 Å². The number of hydrogen-bond donors (Lipinski definition) is 1. The number of halogens is 3. The second kappa shape index (κ2) is 7.65. The van der Waals surface area contributed by atoms with E-state index < -0.39 is 51.5 Å². The van der Waals surface area contributed by atoms with E-state index in [0.29, 0.717) is 6.42 Å². The molecule has 0 aliphatic carbocycles. The van der Waals surface area contributed by atoms with Gasteiger partial charge >= 0.3 is 6.18 Å². The Morgan fingerprint density at radius 1 is 1.27 bits per heavy atom. The topological polar surface area (TPSA) is 83.6 Å². The van der Waals surface area contributed by atoms with Gasteiger partial charge < -0.3 is 10.2 Å². The van der Waals surface area contributed by atoms with Gasteiger partial charge in [-0.25, -0.2) is 8.42 Å². The van der Waals surface area contributed by atoms with Gasteiger partial charge in [0, 0.05) is 12.6 Å². The lowest BCUT2D eigenvalue weighted by Crippen LogP contribution is -2.42. The van der Waals surface area contributed by atoms with Crippen molar-refractivity contribution in [2.75, 3.05) is 23.4 Å². The number of alkyl halides is 3. The van der Waals surface area contributed by atoms with E-state index in [2.05, 4.69) is 5.32 Å². The molecule has 1 N–H and O–H groups in total. The predicted molar refractivity (Wildman–Crippen MR) is 89.1 cm³/mol. The Morgan fingerprint density at radius 2 is 1.92 bits per heavy atom. The fourth-order valence-electron chi connectivity index (χ4n) is 2.93. The molecule has 2 amide bonds. The third kappa shape index (κ3) is 4.96. The normalized spacial score (nSPS) is 19.2. The van der Waals surface area contributed by atoms with Crippen LogP contribution in [0.4, 0.5) is 18.9 Å². The fraction of sp³-hybridized carbons (Fsp3) is 0.500. The second-order valence-corrected chi connectivity index (χ2v) is 8.23. The van der Waals surface area contributed by atoms with Crippen molar-refractivity contribution in [1.29, 1.82) is 0 Å². The highest BCUT2D eigenvalue weighted by atomic mass is 32.2. The number of benzene rings is 1. The van der Waals surface area contributed by atoms with E-state index >= 15 is 0 Å². The molecule has 0 bridgehead atoms. The summed E-state index contributed by atoms with van der Waals surface area (Å²) in [7, 11) is -3.20. The van der Waals surface area contributed by atoms with Crippen molar-refractivity contribution in [2.24, 2.45) is 0 Å². The Morgan fingerprint density at radius 3 is 2.46 bits per heavy atom. The number of amides is 2. The number of sulfone groups is 1. The van der Waals surface area contributed by atoms with Crippen molar-refractivity contribution in [3.05, 3.63) is 29.8 Å². The summed E-state index contributed by atoms with van der Waals surface area (Å²) in [6.45, 7) is 1.87. The highest BCUT2D eigenvalue weighted by Gasteiger charge is 2.35. The first-order chi connectivity index (χ1) is 12.0. The number of hydrogen-bond acceptors (Lipinski definition) is 4. The monoisotopic (exact) mass is 392 g/mol. The van der Waals surface area contributed by atoms with Crippen LogP contribution in [0.5, 0.6) is 0 Å². The molecular weight excluding hydrogens is 373 g/mol. The van der Waals surface area contributed by atoms with E-state index in [9.17, 15) is 31.2 Å². The van der Waals surface area contributed by atoms with Gasteiger partial charge in [0.1, 0.15) is 6.42 Å². The second-order valence-electron chi connectivity index (χ2n) is 6.00. The van der Waals surface area contributed by atoms with Gasteiger partial charge in [-0.3, -0.25) is 9.59 Å². The minimum Gasteiger partial charge on any atom is -0.338 e. The molecule has 1 heterocycles. The summed E-state index contributed by atoms with van der Waals surface area (Å²) in [5, 5.41) is 2.11. The van der Waals surface area contributed by atoms with Crippen molar-refractivity contribution in [1.82, 2.24) is 4.90 Å². The molecule has 10 heteroatoms. The molecular formula is C16H19F3N2O4S. The molecule has 26 heavy (non-hydrogen) atoms. The Hall–Kier alpha value is -2.10. The fourth-order valence-corrected chi connectivity index (χ4v) is 4.66. The minimum absolute atomic E-state index is 0.0212. The van der Waals surface area contributed by atoms with E-state index in [4.69, 9.17) is 0 Å². The number of carbonyl (C=O) groups is 2. The van der Waals surface area contributed by atoms with E-state index in [1.54, 1.807) is 6.92 Å². The minimum atomic E-state index is -4.64. The molecule has 0 aromatic heterocycles. The van der Waals surface area contributed by atoms with Gasteiger partial charge in [-0.05, 0) is 25.5 Å². The predicted octanol–water partition coefficient (Wildman–Crippen LogP) is 2.07. The van der Waals surface area contributed by atoms with Crippen LogP contribution in [0.3, 0.4) is 0 Å². The molecule has 0 radical (unpaired) electrons. The SMILES string of the molecule is CCN(C(=O)CC(=O)Nc1ccccc1C(F)(F)F)C1CCS(=O)(=O)C1. The molecule has 0 spiro atoms. The summed E-state index contributed by atoms with van der Waals surface area (Å²) in [5.74, 6) is -1.68. The Balaban J connectivity index is 2.05. The number of nitrogens with zero attached hydrogens (tertiary/aromatic N) is 1. The quantitative estimate of drug-likeness (QED) is 0.778. The van der Waals surface area contributed by atoms with E-state index in [1.165, 1.54) is 17.0 Å². The van der Waals surface area contributed by atoms with Gasteiger partial charge in [0.25, 0.3) is 0 Å². The number of carbonyl (C=O) groups excluding carboxylic acids is 2. The third-order valence-corrected chi connectivity index (χ3v) is 5.88. The van der Waals surface area contributed by atoms with Crippen LogP contribution < -0.4 is 5.32 Å². The molecule has 1 aliphatic heterocycles. The molecule has 1 aromatic carbocycles. The maximum Gasteiger partial charge on any atom is 0.418 e. The lowest BCUT2D eigenvalue weighted by atomic mass is 10.1. The summed E-state index contributed by atoms with van der Waals surface area (Å²) < 4.78 is 61.9. The third-order valence-electron chi connectivity index (χ3n) is 4.13. The average molecular weight is 392 g/mol. The molecule has 1 saturated heterocycles. The van der Waals surface area contributed by atoms with Gasteiger partial charge in [0.15, 0.2) is 9.84 Å². The van der Waals surface area contributed by atoms with E-state index in [1.807, 2.05) is 0 Å². The van der Waals surface area contributed by atoms with Crippen molar-refractivity contribution in [3.8, 4) is 0 Å². The standard InChI is InChI=1S/C16H19F3N2O4S/c1-2-21(11-7-8-26(24,25)10-11)15(23)9-14(22)20-13-6-4-3-5-12(13)16(17,18)19/h3-6,11H,2,7-10H2,1H3,(H,20,22). The zero-order valence-corrected chi connectivity index (χ0v) is 14.9. The molecule has 144 valence electrons. The molecule has 1 atom stereocenters. The summed E-state index contributed by atoms with van der Waals surface area (Å²) >= 11 is 0. The van der Waals surface area contributed by atoms with Crippen LogP contribution in [0, 0.1) is 0 Å². The van der Waals surface area contributed by atoms with Gasteiger partial charge in [0.05, 0.1) is 22.8 Å². The summed E-state index contributed by atoms with van der Waals surface area (Å²) in [4.78, 5) is 25.6. The number of nitrogens with one attached hydrogen (secondary N) is 1. The van der Waals surface area contributed by atoms with Crippen LogP contribution in [0.25, 0.3) is 0 Å². The Kier molecular flexibility index (Phi) is 5.94. The summed E-state index contributed by atoms with van der Waals surface area (Å²) in [5.41, 5.74) is -1.43. The Bertz CT molecular complexity index is 793. The highest BCUT2D eigenvalue weighted by Crippen LogP contribution is 2.34. The lowest BCUT2D eigenvalue weighted by molar-refractivity contribution is -0.137. The van der Waals surface area contributed by atoms with Crippen molar-refractivity contribution in [2.45, 2.75) is 32.0 Å². The van der Waals surface area contributed by atoms with Gasteiger partial charge in [-0.15, -0.1) is 0 Å². The first kappa shape index (κ1) is 20.2. The zero-order chi connectivity index (χ0) is 19.5.